The van der Waals surface area contributed by atoms with Gasteiger partial charge in [0.2, 0.25) is 0 Å². The second kappa shape index (κ2) is 13.6. The molecule has 1 unspecified atom stereocenters. The highest BCUT2D eigenvalue weighted by Crippen LogP contribution is 2.61. The van der Waals surface area contributed by atoms with Crippen molar-refractivity contribution in [1.29, 1.82) is 0 Å². The lowest BCUT2D eigenvalue weighted by Gasteiger charge is -2.26. The molecule has 0 N–H and O–H groups in total. The molecule has 0 bridgehead atoms. The smallest absolute Gasteiger partial charge is 0.306 e. The predicted molar refractivity (Wildman–Crippen MR) is 92.4 cm³/mol. The first kappa shape index (κ1) is 24.4. The molecule has 23 heavy (non-hydrogen) atoms. The summed E-state index contributed by atoms with van der Waals surface area (Å²) in [5, 5.41) is 0. The summed E-state index contributed by atoms with van der Waals surface area (Å²) in [5.41, 5.74) is 0. The topological polar surface area (TPSA) is 80.3 Å². The van der Waals surface area contributed by atoms with Crippen LogP contribution in [0.3, 0.4) is 0 Å². The van der Waals surface area contributed by atoms with E-state index in [9.17, 15) is 9.13 Å². The maximum Gasteiger partial charge on any atom is 0.475 e. The van der Waals surface area contributed by atoms with E-state index in [2.05, 4.69) is 0 Å². The van der Waals surface area contributed by atoms with Gasteiger partial charge in [0.15, 0.2) is 5.85 Å². The van der Waals surface area contributed by atoms with Gasteiger partial charge in [-0.25, -0.2) is 4.57 Å². The molecule has 0 spiro atoms. The van der Waals surface area contributed by atoms with Gasteiger partial charge in [0, 0.05) is 23.5 Å². The van der Waals surface area contributed by atoms with Crippen LogP contribution in [-0.4, -0.2) is 55.8 Å². The number of halogens is 4. The van der Waals surface area contributed by atoms with E-state index in [0.717, 1.165) is 0 Å². The quantitative estimate of drug-likeness (QED) is 0.262. The van der Waals surface area contributed by atoms with Crippen molar-refractivity contribution in [2.75, 3.05) is 49.9 Å². The number of phosphoric acid groups is 1. The maximum absolute atomic E-state index is 12.7. The Morgan fingerprint density at radius 1 is 0.739 bits per heavy atom. The van der Waals surface area contributed by atoms with Crippen LogP contribution < -0.4 is 0 Å². The van der Waals surface area contributed by atoms with Gasteiger partial charge in [-0.1, -0.05) is 0 Å². The first-order valence-electron chi connectivity index (χ1n) is 6.57. The van der Waals surface area contributed by atoms with Gasteiger partial charge in [0.25, 0.3) is 0 Å². The van der Waals surface area contributed by atoms with Gasteiger partial charge in [0.1, 0.15) is 0 Å². The average molecular weight is 456 g/mol. The second-order valence-electron chi connectivity index (χ2n) is 3.78. The molecule has 0 saturated heterocycles. The number of phosphoric ester groups is 1. The van der Waals surface area contributed by atoms with Crippen molar-refractivity contribution in [3.63, 3.8) is 0 Å². The second-order valence-corrected chi connectivity index (χ2v) is 9.24. The third-order valence-electron chi connectivity index (χ3n) is 2.08. The van der Waals surface area contributed by atoms with Gasteiger partial charge < -0.3 is 9.05 Å². The summed E-state index contributed by atoms with van der Waals surface area (Å²) in [6, 6.07) is 0. The van der Waals surface area contributed by atoms with Crippen LogP contribution in [0, 0.1) is 0 Å². The Labute approximate surface area is 156 Å². The van der Waals surface area contributed by atoms with Crippen molar-refractivity contribution in [2.45, 2.75) is 12.8 Å². The highest BCUT2D eigenvalue weighted by Gasteiger charge is 2.40. The van der Waals surface area contributed by atoms with Crippen LogP contribution in [0.15, 0.2) is 0 Å². The highest BCUT2D eigenvalue weighted by atomic mass is 35.5. The molecule has 0 aliphatic rings. The number of alkyl halides is 4. The van der Waals surface area contributed by atoms with Crippen molar-refractivity contribution in [3.8, 4) is 0 Å². The fourth-order valence-electron chi connectivity index (χ4n) is 1.21. The minimum atomic E-state index is -4.04. The molecular weight excluding hydrogens is 436 g/mol. The van der Waals surface area contributed by atoms with Crippen LogP contribution in [0.5, 0.6) is 0 Å². The van der Waals surface area contributed by atoms with Crippen LogP contribution in [0.2, 0.25) is 0 Å². The van der Waals surface area contributed by atoms with Gasteiger partial charge in [-0.3, -0.25) is 18.1 Å². The molecule has 0 amide bonds. The average Bonchev–Trinajstić information content (AvgIpc) is 2.54. The minimum Gasteiger partial charge on any atom is -0.306 e. The van der Waals surface area contributed by atoms with Crippen LogP contribution in [-0.2, 0) is 31.7 Å². The Hall–Kier alpha value is 1.42. The minimum absolute atomic E-state index is 0.0514. The first-order valence-corrected chi connectivity index (χ1v) is 11.8. The number of hydrogen-bond donors (Lipinski definition) is 0. The van der Waals surface area contributed by atoms with E-state index in [4.69, 9.17) is 69.0 Å². The normalized spacial score (nSPS) is 14.1. The zero-order valence-corrected chi connectivity index (χ0v) is 17.3. The first-order chi connectivity index (χ1) is 10.9. The van der Waals surface area contributed by atoms with E-state index in [0.29, 0.717) is 0 Å². The zero-order chi connectivity index (χ0) is 17.8. The van der Waals surface area contributed by atoms with Gasteiger partial charge in [-0.05, 0) is 6.92 Å². The monoisotopic (exact) mass is 454 g/mol. The molecule has 0 rings (SSSR count). The van der Waals surface area contributed by atoms with E-state index < -0.39 is 21.3 Å². The van der Waals surface area contributed by atoms with Crippen LogP contribution >= 0.6 is 61.8 Å². The van der Waals surface area contributed by atoms with E-state index in [-0.39, 0.29) is 49.9 Å². The lowest BCUT2D eigenvalue weighted by Crippen LogP contribution is -2.16. The van der Waals surface area contributed by atoms with Crippen molar-refractivity contribution in [1.82, 2.24) is 0 Å². The Kier molecular flexibility index (Phi) is 14.4. The Morgan fingerprint density at radius 3 is 1.43 bits per heavy atom. The predicted octanol–water partition coefficient (Wildman–Crippen LogP) is 4.67. The summed E-state index contributed by atoms with van der Waals surface area (Å²) in [6.45, 7) is 1.06. The molecule has 0 aromatic heterocycles. The lowest BCUT2D eigenvalue weighted by atomic mass is 10.9. The summed E-state index contributed by atoms with van der Waals surface area (Å²) in [6.07, 6.45) is 0. The molecule has 0 aliphatic carbocycles. The van der Waals surface area contributed by atoms with Crippen molar-refractivity contribution >= 4 is 61.8 Å². The van der Waals surface area contributed by atoms with Crippen molar-refractivity contribution in [2.24, 2.45) is 0 Å². The third kappa shape index (κ3) is 10.2. The van der Waals surface area contributed by atoms with Gasteiger partial charge in [-0.2, -0.15) is 0 Å². The SMILES string of the molecule is CC(OP(=O)(OCCCl)OCCCl)P(=O)(OCCCl)OCCCl. The van der Waals surface area contributed by atoms with Crippen LogP contribution in [0.25, 0.3) is 0 Å². The molecular formula is C10H20Cl4O7P2. The molecule has 0 aliphatic heterocycles. The molecule has 0 radical (unpaired) electrons. The Balaban J connectivity index is 5.01. The fraction of sp³-hybridized carbons (Fsp3) is 1.00. The summed E-state index contributed by atoms with van der Waals surface area (Å²) in [5.74, 6) is -0.941. The molecule has 0 aromatic rings. The molecule has 0 aromatic carbocycles. The van der Waals surface area contributed by atoms with Crippen LogP contribution in [0.1, 0.15) is 6.92 Å². The van der Waals surface area contributed by atoms with E-state index in [1.165, 1.54) is 6.92 Å². The molecule has 140 valence electrons. The Bertz CT molecular complexity index is 377. The van der Waals surface area contributed by atoms with Crippen LogP contribution in [0.4, 0.5) is 0 Å². The molecule has 1 atom stereocenters. The highest BCUT2D eigenvalue weighted by molar-refractivity contribution is 7.55. The summed E-state index contributed by atoms with van der Waals surface area (Å²) in [7, 11) is -7.83. The maximum atomic E-state index is 12.7. The molecule has 0 saturated carbocycles. The summed E-state index contributed by atoms with van der Waals surface area (Å²) in [4.78, 5) is 0. The van der Waals surface area contributed by atoms with E-state index >= 15 is 0 Å². The molecule has 0 fully saturated rings. The van der Waals surface area contributed by atoms with E-state index in [1.807, 2.05) is 0 Å². The molecule has 13 heteroatoms. The fourth-order valence-corrected chi connectivity index (χ4v) is 5.14. The Morgan fingerprint density at radius 2 is 1.09 bits per heavy atom. The molecule has 0 heterocycles. The van der Waals surface area contributed by atoms with Crippen molar-refractivity contribution < 1.29 is 31.7 Å². The molecule has 7 nitrogen and oxygen atoms in total. The summed E-state index contributed by atoms with van der Waals surface area (Å²) < 4.78 is 50.6. The third-order valence-corrected chi connectivity index (χ3v) is 6.51. The standard InChI is InChI=1S/C10H20Cl4O7P2/c1-10(22(15,17-6-2-11)18-7-3-12)21-23(16,19-8-4-13)20-9-5-14/h10H,2-9H2,1H3. The number of rotatable bonds is 15. The van der Waals surface area contributed by atoms with Crippen molar-refractivity contribution in [3.05, 3.63) is 0 Å². The van der Waals surface area contributed by atoms with Gasteiger partial charge in [0.05, 0.1) is 26.4 Å². The van der Waals surface area contributed by atoms with Gasteiger partial charge in [-0.15, -0.1) is 46.4 Å². The van der Waals surface area contributed by atoms with E-state index in [1.54, 1.807) is 0 Å². The lowest BCUT2D eigenvalue weighted by molar-refractivity contribution is 0.0961. The largest absolute Gasteiger partial charge is 0.475 e. The summed E-state index contributed by atoms with van der Waals surface area (Å²) >= 11 is 22.0. The zero-order valence-electron chi connectivity index (χ0n) is 12.5. The number of hydrogen-bond acceptors (Lipinski definition) is 7. The van der Waals surface area contributed by atoms with Gasteiger partial charge >= 0.3 is 15.4 Å².